The minimum atomic E-state index is 0.0498. The van der Waals surface area contributed by atoms with Crippen LogP contribution in [0.15, 0.2) is 0 Å². The molecule has 4 nitrogen and oxygen atoms in total. The van der Waals surface area contributed by atoms with E-state index in [1.165, 1.54) is 0 Å². The molecule has 0 aliphatic rings. The number of carbonyl (C=O) groups excluding carboxylic acids is 1. The van der Waals surface area contributed by atoms with E-state index in [9.17, 15) is 4.79 Å². The Bertz CT molecular complexity index is 145. The predicted octanol–water partition coefficient (Wildman–Crippen LogP) is 0.217. The first-order valence-corrected chi connectivity index (χ1v) is 5.34. The third-order valence-corrected chi connectivity index (χ3v) is 1.90. The maximum Gasteiger partial charge on any atom is 0.234 e. The van der Waals surface area contributed by atoms with E-state index in [0.29, 0.717) is 13.1 Å². The lowest BCUT2D eigenvalue weighted by Gasteiger charge is -2.19. The molecule has 0 aromatic carbocycles. The lowest BCUT2D eigenvalue weighted by molar-refractivity contribution is -0.122. The molecule has 2 N–H and O–H groups in total. The van der Waals surface area contributed by atoms with Gasteiger partial charge in [0.1, 0.15) is 0 Å². The minimum Gasteiger partial charge on any atom is -0.395 e. The van der Waals surface area contributed by atoms with Crippen molar-refractivity contribution in [2.24, 2.45) is 0 Å². The van der Waals surface area contributed by atoms with Crippen molar-refractivity contribution in [1.29, 1.82) is 0 Å². The topological polar surface area (TPSA) is 52.6 Å². The molecular weight excluding hydrogens is 180 g/mol. The molecule has 0 rings (SSSR count). The summed E-state index contributed by atoms with van der Waals surface area (Å²) in [7, 11) is 0. The monoisotopic (exact) mass is 202 g/mol. The van der Waals surface area contributed by atoms with Crippen molar-refractivity contribution in [1.82, 2.24) is 10.2 Å². The molecule has 0 aliphatic heterocycles. The SMILES string of the molecule is CCCNC(=O)CN(CCC)CCO. The van der Waals surface area contributed by atoms with Crippen LogP contribution in [0.2, 0.25) is 0 Å². The Morgan fingerprint density at radius 2 is 2.00 bits per heavy atom. The van der Waals surface area contributed by atoms with E-state index in [1.807, 2.05) is 11.8 Å². The summed E-state index contributed by atoms with van der Waals surface area (Å²) in [5.74, 6) is 0.0498. The quantitative estimate of drug-likeness (QED) is 0.592. The molecule has 0 saturated carbocycles. The van der Waals surface area contributed by atoms with Gasteiger partial charge in [0, 0.05) is 13.1 Å². The number of carbonyl (C=O) groups is 1. The molecule has 0 unspecified atom stereocenters. The lowest BCUT2D eigenvalue weighted by atomic mass is 10.3. The van der Waals surface area contributed by atoms with Crippen LogP contribution in [0.3, 0.4) is 0 Å². The number of rotatable bonds is 8. The van der Waals surface area contributed by atoms with Gasteiger partial charge in [-0.3, -0.25) is 9.69 Å². The van der Waals surface area contributed by atoms with E-state index in [2.05, 4.69) is 12.2 Å². The molecule has 0 atom stereocenters. The fourth-order valence-corrected chi connectivity index (χ4v) is 1.25. The van der Waals surface area contributed by atoms with Crippen LogP contribution < -0.4 is 5.32 Å². The second-order valence-electron chi connectivity index (χ2n) is 3.35. The Labute approximate surface area is 86.3 Å². The molecule has 14 heavy (non-hydrogen) atoms. The molecule has 84 valence electrons. The van der Waals surface area contributed by atoms with Crippen LogP contribution in [0.5, 0.6) is 0 Å². The molecule has 0 heterocycles. The lowest BCUT2D eigenvalue weighted by Crippen LogP contribution is -2.39. The highest BCUT2D eigenvalue weighted by Gasteiger charge is 2.07. The Morgan fingerprint density at radius 1 is 1.29 bits per heavy atom. The Hall–Kier alpha value is -0.610. The van der Waals surface area contributed by atoms with Crippen LogP contribution >= 0.6 is 0 Å². The van der Waals surface area contributed by atoms with Gasteiger partial charge in [-0.25, -0.2) is 0 Å². The van der Waals surface area contributed by atoms with Gasteiger partial charge >= 0.3 is 0 Å². The summed E-state index contributed by atoms with van der Waals surface area (Å²) in [6.07, 6.45) is 1.96. The molecule has 0 bridgehead atoms. The van der Waals surface area contributed by atoms with Crippen LogP contribution in [0.1, 0.15) is 26.7 Å². The molecule has 0 spiro atoms. The Balaban J connectivity index is 3.71. The zero-order valence-electron chi connectivity index (χ0n) is 9.25. The highest BCUT2D eigenvalue weighted by molar-refractivity contribution is 5.77. The number of nitrogens with one attached hydrogen (secondary N) is 1. The molecule has 0 fully saturated rings. The normalized spacial score (nSPS) is 10.6. The predicted molar refractivity (Wildman–Crippen MR) is 57.1 cm³/mol. The first-order chi connectivity index (χ1) is 6.74. The van der Waals surface area contributed by atoms with Crippen molar-refractivity contribution in [2.45, 2.75) is 26.7 Å². The molecular formula is C10H22N2O2. The molecule has 1 amide bonds. The maximum atomic E-state index is 11.3. The standard InChI is InChI=1S/C10H22N2O2/c1-3-5-11-10(14)9-12(6-4-2)7-8-13/h13H,3-9H2,1-2H3,(H,11,14). The summed E-state index contributed by atoms with van der Waals surface area (Å²) < 4.78 is 0. The summed E-state index contributed by atoms with van der Waals surface area (Å²) in [6.45, 7) is 6.77. The van der Waals surface area contributed by atoms with E-state index in [-0.39, 0.29) is 12.5 Å². The molecule has 0 aliphatic carbocycles. The number of amides is 1. The second kappa shape index (κ2) is 8.97. The summed E-state index contributed by atoms with van der Waals surface area (Å²) in [5, 5.41) is 11.6. The average molecular weight is 202 g/mol. The molecule has 0 aromatic heterocycles. The van der Waals surface area contributed by atoms with Gasteiger partial charge in [-0.1, -0.05) is 13.8 Å². The number of hydrogen-bond donors (Lipinski definition) is 2. The van der Waals surface area contributed by atoms with Gasteiger partial charge < -0.3 is 10.4 Å². The molecule has 0 radical (unpaired) electrons. The smallest absolute Gasteiger partial charge is 0.234 e. The van der Waals surface area contributed by atoms with Gasteiger partial charge in [0.15, 0.2) is 0 Å². The van der Waals surface area contributed by atoms with E-state index in [0.717, 1.165) is 25.9 Å². The minimum absolute atomic E-state index is 0.0498. The van der Waals surface area contributed by atoms with Gasteiger partial charge in [0.05, 0.1) is 13.2 Å². The number of aliphatic hydroxyl groups excluding tert-OH is 1. The van der Waals surface area contributed by atoms with Gasteiger partial charge in [-0.05, 0) is 19.4 Å². The molecule has 4 heteroatoms. The van der Waals surface area contributed by atoms with Crippen molar-refractivity contribution >= 4 is 5.91 Å². The zero-order valence-corrected chi connectivity index (χ0v) is 9.25. The average Bonchev–Trinajstić information content (AvgIpc) is 2.15. The summed E-state index contributed by atoms with van der Waals surface area (Å²) >= 11 is 0. The fourth-order valence-electron chi connectivity index (χ4n) is 1.25. The van der Waals surface area contributed by atoms with Crippen molar-refractivity contribution in [3.05, 3.63) is 0 Å². The first kappa shape index (κ1) is 13.4. The molecule has 0 saturated heterocycles. The van der Waals surface area contributed by atoms with E-state index >= 15 is 0 Å². The number of nitrogens with zero attached hydrogens (tertiary/aromatic N) is 1. The Kier molecular flexibility index (Phi) is 8.57. The van der Waals surface area contributed by atoms with Crippen LogP contribution in [0.25, 0.3) is 0 Å². The van der Waals surface area contributed by atoms with Crippen LogP contribution in [0, 0.1) is 0 Å². The zero-order chi connectivity index (χ0) is 10.8. The summed E-state index contributed by atoms with van der Waals surface area (Å²) in [4.78, 5) is 13.3. The second-order valence-corrected chi connectivity index (χ2v) is 3.35. The van der Waals surface area contributed by atoms with Crippen molar-refractivity contribution in [3.8, 4) is 0 Å². The van der Waals surface area contributed by atoms with Crippen molar-refractivity contribution < 1.29 is 9.90 Å². The number of hydrogen-bond acceptors (Lipinski definition) is 3. The van der Waals surface area contributed by atoms with E-state index < -0.39 is 0 Å². The highest BCUT2D eigenvalue weighted by Crippen LogP contribution is 1.90. The maximum absolute atomic E-state index is 11.3. The van der Waals surface area contributed by atoms with Gasteiger partial charge in [0.25, 0.3) is 0 Å². The summed E-state index contributed by atoms with van der Waals surface area (Å²) in [5.41, 5.74) is 0. The van der Waals surface area contributed by atoms with E-state index in [1.54, 1.807) is 0 Å². The highest BCUT2D eigenvalue weighted by atomic mass is 16.3. The number of aliphatic hydroxyl groups is 1. The van der Waals surface area contributed by atoms with Gasteiger partial charge in [-0.2, -0.15) is 0 Å². The largest absolute Gasteiger partial charge is 0.395 e. The molecule has 0 aromatic rings. The van der Waals surface area contributed by atoms with Gasteiger partial charge in [0.2, 0.25) is 5.91 Å². The van der Waals surface area contributed by atoms with Crippen LogP contribution in [0.4, 0.5) is 0 Å². The first-order valence-electron chi connectivity index (χ1n) is 5.34. The fraction of sp³-hybridized carbons (Fsp3) is 0.900. The third kappa shape index (κ3) is 6.86. The van der Waals surface area contributed by atoms with Crippen molar-refractivity contribution in [2.75, 3.05) is 32.8 Å². The summed E-state index contributed by atoms with van der Waals surface area (Å²) in [6, 6.07) is 0. The van der Waals surface area contributed by atoms with Crippen LogP contribution in [-0.4, -0.2) is 48.7 Å². The Morgan fingerprint density at radius 3 is 2.50 bits per heavy atom. The third-order valence-electron chi connectivity index (χ3n) is 1.90. The van der Waals surface area contributed by atoms with E-state index in [4.69, 9.17) is 5.11 Å². The van der Waals surface area contributed by atoms with Crippen molar-refractivity contribution in [3.63, 3.8) is 0 Å². The van der Waals surface area contributed by atoms with Crippen LogP contribution in [-0.2, 0) is 4.79 Å². The van der Waals surface area contributed by atoms with Gasteiger partial charge in [-0.15, -0.1) is 0 Å².